The summed E-state index contributed by atoms with van der Waals surface area (Å²) in [5.41, 5.74) is 3.06. The maximum Gasteiger partial charge on any atom is 0.0652 e. The van der Waals surface area contributed by atoms with E-state index in [9.17, 15) is 0 Å². The van der Waals surface area contributed by atoms with Gasteiger partial charge in [-0.25, -0.2) is 0 Å². The van der Waals surface area contributed by atoms with Crippen LogP contribution in [0.1, 0.15) is 0 Å². The minimum absolute atomic E-state index is 0.00417. The quantitative estimate of drug-likeness (QED) is 0.243. The van der Waals surface area contributed by atoms with E-state index >= 15 is 0 Å². The summed E-state index contributed by atoms with van der Waals surface area (Å²) >= 11 is 0. The first-order valence-electron chi connectivity index (χ1n) is 2.02. The van der Waals surface area contributed by atoms with Gasteiger partial charge in [0, 0.05) is 6.54 Å². The number of aliphatic hydroxyl groups is 1. The number of hydrazine groups is 1. The molecular weight excluding hydrogens is 92.1 g/mol. The lowest BCUT2D eigenvalue weighted by molar-refractivity contribution is 0.328. The Kier molecular flexibility index (Phi) is 3.59. The fraction of sp³-hybridized carbons (Fsp3) is 0.500. The molecule has 0 atom stereocenters. The largest absolute Gasteiger partial charge is 0.392 e. The summed E-state index contributed by atoms with van der Waals surface area (Å²) in [6.07, 6.45) is 0. The van der Waals surface area contributed by atoms with E-state index in [0.29, 0.717) is 12.1 Å². The van der Waals surface area contributed by atoms with Crippen molar-refractivity contribution in [3.63, 3.8) is 0 Å². The Morgan fingerprint density at radius 1 is 1.86 bits per heavy atom. The molecular formula is C4H10N2O. The molecule has 0 amide bonds. The lowest BCUT2D eigenvalue weighted by atomic mass is 10.3. The van der Waals surface area contributed by atoms with Crippen LogP contribution in [0, 0.1) is 0 Å². The fourth-order valence-corrected chi connectivity index (χ4v) is 0.200. The van der Waals surface area contributed by atoms with Gasteiger partial charge in [-0.15, -0.1) is 0 Å². The highest BCUT2D eigenvalue weighted by atomic mass is 16.3. The lowest BCUT2D eigenvalue weighted by Gasteiger charge is -1.95. The first kappa shape index (κ1) is 6.62. The van der Waals surface area contributed by atoms with Crippen molar-refractivity contribution in [1.29, 1.82) is 0 Å². The third kappa shape index (κ3) is 3.45. The Morgan fingerprint density at radius 3 is 2.57 bits per heavy atom. The number of nitrogens with two attached hydrogens (primary N) is 1. The third-order valence-corrected chi connectivity index (χ3v) is 0.576. The van der Waals surface area contributed by atoms with E-state index in [-0.39, 0.29) is 6.61 Å². The Labute approximate surface area is 42.8 Å². The molecule has 7 heavy (non-hydrogen) atoms. The second-order valence-electron chi connectivity index (χ2n) is 1.29. The van der Waals surface area contributed by atoms with Crippen LogP contribution in [0.3, 0.4) is 0 Å². The molecule has 0 aliphatic rings. The Balaban J connectivity index is 3.00. The summed E-state index contributed by atoms with van der Waals surface area (Å²) < 4.78 is 0. The van der Waals surface area contributed by atoms with Crippen LogP contribution in [0.5, 0.6) is 0 Å². The summed E-state index contributed by atoms with van der Waals surface area (Å²) in [4.78, 5) is 0. The maximum absolute atomic E-state index is 8.27. The van der Waals surface area contributed by atoms with Crippen molar-refractivity contribution in [2.45, 2.75) is 0 Å². The second kappa shape index (κ2) is 3.80. The lowest BCUT2D eigenvalue weighted by Crippen LogP contribution is -2.24. The van der Waals surface area contributed by atoms with Crippen LogP contribution in [0.25, 0.3) is 0 Å². The average Bonchev–Trinajstić information content (AvgIpc) is 1.68. The van der Waals surface area contributed by atoms with E-state index in [1.807, 2.05) is 0 Å². The topological polar surface area (TPSA) is 58.3 Å². The van der Waals surface area contributed by atoms with Gasteiger partial charge in [-0.3, -0.25) is 11.3 Å². The van der Waals surface area contributed by atoms with E-state index in [4.69, 9.17) is 10.9 Å². The SMILES string of the molecule is C=C(CO)CNN. The zero-order valence-corrected chi connectivity index (χ0v) is 4.15. The summed E-state index contributed by atoms with van der Waals surface area (Å²) in [5, 5.41) is 8.27. The highest BCUT2D eigenvalue weighted by Crippen LogP contribution is 1.79. The van der Waals surface area contributed by atoms with E-state index in [2.05, 4.69) is 12.0 Å². The first-order valence-corrected chi connectivity index (χ1v) is 2.02. The number of hydrogen-bond acceptors (Lipinski definition) is 3. The standard InChI is InChI=1S/C4H10N2O/c1-4(3-7)2-6-5/h6-7H,1-3,5H2. The van der Waals surface area contributed by atoms with E-state index in [1.165, 1.54) is 0 Å². The third-order valence-electron chi connectivity index (χ3n) is 0.576. The monoisotopic (exact) mass is 102 g/mol. The Bertz CT molecular complexity index is 62.7. The van der Waals surface area contributed by atoms with Crippen LogP contribution in [-0.2, 0) is 0 Å². The number of rotatable bonds is 3. The summed E-state index contributed by atoms with van der Waals surface area (Å²) in [6.45, 7) is 3.96. The molecule has 0 unspecified atom stereocenters. The average molecular weight is 102 g/mol. The predicted molar refractivity (Wildman–Crippen MR) is 28.4 cm³/mol. The molecule has 0 aromatic heterocycles. The number of aliphatic hydroxyl groups excluding tert-OH is 1. The van der Waals surface area contributed by atoms with E-state index in [0.717, 1.165) is 0 Å². The van der Waals surface area contributed by atoms with E-state index < -0.39 is 0 Å². The molecule has 0 radical (unpaired) electrons. The molecule has 0 fully saturated rings. The van der Waals surface area contributed by atoms with Crippen molar-refractivity contribution in [2.75, 3.05) is 13.2 Å². The van der Waals surface area contributed by atoms with Crippen LogP contribution < -0.4 is 11.3 Å². The molecule has 0 bridgehead atoms. The molecule has 0 aromatic rings. The minimum atomic E-state index is 0.00417. The highest BCUT2D eigenvalue weighted by molar-refractivity contribution is 4.94. The van der Waals surface area contributed by atoms with Crippen molar-refractivity contribution in [3.8, 4) is 0 Å². The van der Waals surface area contributed by atoms with Gasteiger partial charge in [-0.2, -0.15) is 0 Å². The summed E-state index contributed by atoms with van der Waals surface area (Å²) in [6, 6.07) is 0. The number of hydrogen-bond donors (Lipinski definition) is 3. The smallest absolute Gasteiger partial charge is 0.0652 e. The molecule has 4 N–H and O–H groups in total. The molecule has 3 heteroatoms. The van der Waals surface area contributed by atoms with Gasteiger partial charge in [-0.1, -0.05) is 6.58 Å². The van der Waals surface area contributed by atoms with Crippen molar-refractivity contribution in [2.24, 2.45) is 5.84 Å². The zero-order chi connectivity index (χ0) is 5.70. The van der Waals surface area contributed by atoms with Gasteiger partial charge in [-0.05, 0) is 5.57 Å². The van der Waals surface area contributed by atoms with Crippen molar-refractivity contribution in [3.05, 3.63) is 12.2 Å². The Hall–Kier alpha value is -0.380. The Morgan fingerprint density at radius 2 is 2.43 bits per heavy atom. The van der Waals surface area contributed by atoms with Gasteiger partial charge >= 0.3 is 0 Å². The predicted octanol–water partition coefficient (Wildman–Crippen LogP) is -1.00. The molecule has 0 heterocycles. The summed E-state index contributed by atoms with van der Waals surface area (Å²) in [7, 11) is 0. The molecule has 0 spiro atoms. The minimum Gasteiger partial charge on any atom is -0.392 e. The van der Waals surface area contributed by atoms with Crippen LogP contribution in [0.15, 0.2) is 12.2 Å². The van der Waals surface area contributed by atoms with Gasteiger partial charge < -0.3 is 5.11 Å². The van der Waals surface area contributed by atoms with Crippen LogP contribution in [0.2, 0.25) is 0 Å². The number of nitrogens with one attached hydrogen (secondary N) is 1. The molecule has 0 rings (SSSR count). The van der Waals surface area contributed by atoms with Crippen molar-refractivity contribution < 1.29 is 5.11 Å². The normalized spacial score (nSPS) is 8.86. The fourth-order valence-electron chi connectivity index (χ4n) is 0.200. The van der Waals surface area contributed by atoms with Crippen molar-refractivity contribution in [1.82, 2.24) is 5.43 Å². The van der Waals surface area contributed by atoms with Gasteiger partial charge in [0.2, 0.25) is 0 Å². The molecule has 3 nitrogen and oxygen atoms in total. The zero-order valence-electron chi connectivity index (χ0n) is 4.15. The highest BCUT2D eigenvalue weighted by Gasteiger charge is 1.83. The molecule has 42 valence electrons. The second-order valence-corrected chi connectivity index (χ2v) is 1.29. The molecule has 0 saturated carbocycles. The van der Waals surface area contributed by atoms with Crippen LogP contribution in [-0.4, -0.2) is 18.3 Å². The van der Waals surface area contributed by atoms with E-state index in [1.54, 1.807) is 0 Å². The summed E-state index contributed by atoms with van der Waals surface area (Å²) in [5.74, 6) is 4.88. The van der Waals surface area contributed by atoms with Crippen LogP contribution in [0.4, 0.5) is 0 Å². The first-order chi connectivity index (χ1) is 3.31. The van der Waals surface area contributed by atoms with Crippen molar-refractivity contribution >= 4 is 0 Å². The molecule has 0 aromatic carbocycles. The van der Waals surface area contributed by atoms with Crippen LogP contribution >= 0.6 is 0 Å². The molecule has 0 saturated heterocycles. The van der Waals surface area contributed by atoms with Gasteiger partial charge in [0.1, 0.15) is 0 Å². The maximum atomic E-state index is 8.27. The van der Waals surface area contributed by atoms with Gasteiger partial charge in [0.25, 0.3) is 0 Å². The van der Waals surface area contributed by atoms with Gasteiger partial charge in [0.15, 0.2) is 0 Å². The molecule has 0 aliphatic heterocycles. The van der Waals surface area contributed by atoms with Gasteiger partial charge in [0.05, 0.1) is 6.61 Å². The molecule has 0 aliphatic carbocycles.